The minimum atomic E-state index is -0.748. The van der Waals surface area contributed by atoms with Gasteiger partial charge >= 0.3 is 0 Å². The summed E-state index contributed by atoms with van der Waals surface area (Å²) < 4.78 is 0. The summed E-state index contributed by atoms with van der Waals surface area (Å²) in [6.07, 6.45) is 12.0. The summed E-state index contributed by atoms with van der Waals surface area (Å²) in [7, 11) is 0. The highest BCUT2D eigenvalue weighted by molar-refractivity contribution is 6.19. The molecule has 2 amide bonds. The molecule has 6 atom stereocenters. The Kier molecular flexibility index (Phi) is 3.80. The Balaban J connectivity index is 1.46. The van der Waals surface area contributed by atoms with Crippen LogP contribution < -0.4 is 10.6 Å². The molecule has 2 N–H and O–H groups in total. The maximum atomic E-state index is 12.8. The first-order valence-electron chi connectivity index (χ1n) is 11.1. The van der Waals surface area contributed by atoms with Crippen molar-refractivity contribution in [3.8, 4) is 6.07 Å². The van der Waals surface area contributed by atoms with Crippen molar-refractivity contribution in [2.45, 2.75) is 83.2 Å². The van der Waals surface area contributed by atoms with Gasteiger partial charge in [0, 0.05) is 11.5 Å². The SMILES string of the molecule is C[C@@]12CCC[C@H]1[C@@H]1CCC3NC(=O)C(C(=O)NC4(C#N)CC4)=C[C@]3(C)[C@@H]1CC2. The molecular formula is C23H31N3O2. The van der Waals surface area contributed by atoms with Gasteiger partial charge in [-0.25, -0.2) is 0 Å². The van der Waals surface area contributed by atoms with E-state index in [2.05, 4.69) is 30.6 Å². The Morgan fingerprint density at radius 3 is 2.64 bits per heavy atom. The molecule has 4 aliphatic carbocycles. The molecule has 4 fully saturated rings. The molecule has 0 saturated heterocycles. The number of hydrogen-bond acceptors (Lipinski definition) is 3. The molecule has 0 radical (unpaired) electrons. The number of nitrogens with zero attached hydrogens (tertiary/aromatic N) is 1. The standard InChI is InChI=1S/C23H31N3O2/c1-21-8-3-4-16(21)14-5-6-18-22(2,17(14)7-9-21)12-15(19(27)25-18)20(28)26-23(13-24)10-11-23/h12,14,16-18H,3-11H2,1-2H3,(H,25,27)(H,26,28)/t14-,16-,17+,18?,21-,22+/m0/s1. The fraction of sp³-hybridized carbons (Fsp3) is 0.783. The van der Waals surface area contributed by atoms with Gasteiger partial charge in [-0.05, 0) is 74.5 Å². The second-order valence-corrected chi connectivity index (χ2v) is 10.6. The number of rotatable bonds is 2. The molecule has 1 aliphatic heterocycles. The number of nitrogens with one attached hydrogen (secondary N) is 2. The van der Waals surface area contributed by atoms with Gasteiger partial charge in [0.05, 0.1) is 6.07 Å². The molecule has 5 heteroatoms. The van der Waals surface area contributed by atoms with Crippen LogP contribution in [-0.4, -0.2) is 23.4 Å². The van der Waals surface area contributed by atoms with Crippen LogP contribution in [0.25, 0.3) is 0 Å². The predicted octanol–water partition coefficient (Wildman–Crippen LogP) is 3.22. The maximum Gasteiger partial charge on any atom is 0.257 e. The van der Waals surface area contributed by atoms with Gasteiger partial charge in [-0.2, -0.15) is 5.26 Å². The third kappa shape index (κ3) is 2.49. The summed E-state index contributed by atoms with van der Waals surface area (Å²) in [6, 6.07) is 2.31. The average molecular weight is 382 g/mol. The van der Waals surface area contributed by atoms with Crippen LogP contribution in [0.2, 0.25) is 0 Å². The van der Waals surface area contributed by atoms with E-state index in [-0.39, 0.29) is 28.8 Å². The van der Waals surface area contributed by atoms with E-state index in [1.807, 2.05) is 6.08 Å². The average Bonchev–Trinajstić information content (AvgIpc) is 3.32. The van der Waals surface area contributed by atoms with E-state index in [0.29, 0.717) is 30.1 Å². The van der Waals surface area contributed by atoms with Gasteiger partial charge in [-0.15, -0.1) is 0 Å². The van der Waals surface area contributed by atoms with E-state index in [0.717, 1.165) is 12.3 Å². The van der Waals surface area contributed by atoms with Gasteiger partial charge in [-0.1, -0.05) is 26.3 Å². The van der Waals surface area contributed by atoms with Crippen molar-refractivity contribution in [1.82, 2.24) is 10.6 Å². The molecule has 1 unspecified atom stereocenters. The lowest BCUT2D eigenvalue weighted by Crippen LogP contribution is -2.60. The van der Waals surface area contributed by atoms with E-state index in [1.54, 1.807) is 0 Å². The normalized spacial score (nSPS) is 45.5. The van der Waals surface area contributed by atoms with Gasteiger partial charge in [0.1, 0.15) is 11.1 Å². The summed E-state index contributed by atoms with van der Waals surface area (Å²) in [5.41, 5.74) is -0.198. The third-order valence-electron chi connectivity index (χ3n) is 9.12. The van der Waals surface area contributed by atoms with Crippen LogP contribution >= 0.6 is 0 Å². The quantitative estimate of drug-likeness (QED) is 0.721. The van der Waals surface area contributed by atoms with Crippen LogP contribution in [-0.2, 0) is 9.59 Å². The molecule has 0 aromatic heterocycles. The topological polar surface area (TPSA) is 82.0 Å². The second kappa shape index (κ2) is 5.84. The molecule has 150 valence electrons. The number of carbonyl (C=O) groups excluding carboxylic acids is 2. The highest BCUT2D eigenvalue weighted by Gasteiger charge is 2.58. The van der Waals surface area contributed by atoms with Crippen molar-refractivity contribution in [1.29, 1.82) is 5.26 Å². The first-order valence-corrected chi connectivity index (χ1v) is 11.1. The lowest BCUT2D eigenvalue weighted by molar-refractivity contribution is -0.128. The molecule has 5 nitrogen and oxygen atoms in total. The lowest BCUT2D eigenvalue weighted by Gasteiger charge is -2.58. The highest BCUT2D eigenvalue weighted by Crippen LogP contribution is 2.63. The van der Waals surface area contributed by atoms with Gasteiger partial charge < -0.3 is 10.6 Å². The van der Waals surface area contributed by atoms with E-state index in [1.165, 1.54) is 38.5 Å². The Bertz CT molecular complexity index is 807. The van der Waals surface area contributed by atoms with E-state index in [9.17, 15) is 14.9 Å². The Morgan fingerprint density at radius 1 is 1.14 bits per heavy atom. The van der Waals surface area contributed by atoms with Gasteiger partial charge in [0.25, 0.3) is 11.8 Å². The van der Waals surface area contributed by atoms with Gasteiger partial charge in [0.2, 0.25) is 0 Å². The third-order valence-corrected chi connectivity index (χ3v) is 9.12. The van der Waals surface area contributed by atoms with Gasteiger partial charge in [-0.3, -0.25) is 9.59 Å². The number of carbonyl (C=O) groups is 2. The largest absolute Gasteiger partial charge is 0.348 e. The Hall–Kier alpha value is -1.83. The van der Waals surface area contributed by atoms with E-state index < -0.39 is 5.54 Å². The second-order valence-electron chi connectivity index (χ2n) is 10.6. The number of fused-ring (bicyclic) bond motifs is 5. The van der Waals surface area contributed by atoms with Crippen molar-refractivity contribution >= 4 is 11.8 Å². The highest BCUT2D eigenvalue weighted by atomic mass is 16.2. The van der Waals surface area contributed by atoms with Crippen molar-refractivity contribution in [2.24, 2.45) is 28.6 Å². The molecule has 0 aromatic carbocycles. The molecule has 5 aliphatic rings. The van der Waals surface area contributed by atoms with Crippen molar-refractivity contribution in [3.63, 3.8) is 0 Å². The van der Waals surface area contributed by atoms with Crippen molar-refractivity contribution in [2.75, 3.05) is 0 Å². The van der Waals surface area contributed by atoms with Crippen LogP contribution in [0.4, 0.5) is 0 Å². The summed E-state index contributed by atoms with van der Waals surface area (Å²) in [6.45, 7) is 4.75. The van der Waals surface area contributed by atoms with Crippen LogP contribution in [0.5, 0.6) is 0 Å². The summed E-state index contributed by atoms with van der Waals surface area (Å²) in [5, 5.41) is 15.3. The molecule has 0 spiro atoms. The number of hydrogen-bond donors (Lipinski definition) is 2. The molecular weight excluding hydrogens is 350 g/mol. The smallest absolute Gasteiger partial charge is 0.257 e. The Labute approximate surface area is 167 Å². The molecule has 5 rings (SSSR count). The van der Waals surface area contributed by atoms with Crippen LogP contribution in [0, 0.1) is 39.9 Å². The zero-order valence-corrected chi connectivity index (χ0v) is 17.0. The predicted molar refractivity (Wildman–Crippen MR) is 105 cm³/mol. The Morgan fingerprint density at radius 2 is 1.93 bits per heavy atom. The molecule has 4 saturated carbocycles. The molecule has 28 heavy (non-hydrogen) atoms. The fourth-order valence-corrected chi connectivity index (χ4v) is 7.27. The number of nitriles is 1. The van der Waals surface area contributed by atoms with E-state index >= 15 is 0 Å². The molecule has 0 aromatic rings. The zero-order chi connectivity index (χ0) is 19.7. The molecule has 0 bridgehead atoms. The van der Waals surface area contributed by atoms with Crippen LogP contribution in [0.15, 0.2) is 11.6 Å². The summed E-state index contributed by atoms with van der Waals surface area (Å²) >= 11 is 0. The van der Waals surface area contributed by atoms with Crippen molar-refractivity contribution in [3.05, 3.63) is 11.6 Å². The summed E-state index contributed by atoms with van der Waals surface area (Å²) in [5.74, 6) is 1.37. The maximum absolute atomic E-state index is 12.8. The summed E-state index contributed by atoms with van der Waals surface area (Å²) in [4.78, 5) is 25.5. The molecule has 1 heterocycles. The minimum Gasteiger partial charge on any atom is -0.348 e. The fourth-order valence-electron chi connectivity index (χ4n) is 7.27. The van der Waals surface area contributed by atoms with E-state index in [4.69, 9.17) is 0 Å². The first kappa shape index (κ1) is 18.2. The minimum absolute atomic E-state index is 0.120. The monoisotopic (exact) mass is 381 g/mol. The lowest BCUT2D eigenvalue weighted by atomic mass is 9.48. The zero-order valence-electron chi connectivity index (χ0n) is 17.0. The van der Waals surface area contributed by atoms with Gasteiger partial charge in [0.15, 0.2) is 0 Å². The van der Waals surface area contributed by atoms with Crippen molar-refractivity contribution < 1.29 is 9.59 Å². The first-order chi connectivity index (χ1) is 13.3. The van der Waals surface area contributed by atoms with Crippen LogP contribution in [0.1, 0.15) is 71.6 Å². The van der Waals surface area contributed by atoms with Crippen LogP contribution in [0.3, 0.4) is 0 Å². The number of amides is 2.